The zero-order valence-electron chi connectivity index (χ0n) is 17.3. The molecule has 3 aromatic rings. The van der Waals surface area contributed by atoms with E-state index in [9.17, 15) is 0 Å². The first-order chi connectivity index (χ1) is 14.8. The van der Waals surface area contributed by atoms with E-state index in [4.69, 9.17) is 9.72 Å². The number of thioether (sulfide) groups is 1. The number of nitrogens with zero attached hydrogens (tertiary/aromatic N) is 2. The number of para-hydroxylation sites is 1. The van der Waals surface area contributed by atoms with E-state index in [-0.39, 0.29) is 0 Å². The fourth-order valence-electron chi connectivity index (χ4n) is 4.29. The molecule has 2 aliphatic rings. The average Bonchev–Trinajstić information content (AvgIpc) is 3.45. The van der Waals surface area contributed by atoms with Gasteiger partial charge in [-0.05, 0) is 61.2 Å². The summed E-state index contributed by atoms with van der Waals surface area (Å²) in [6, 6.07) is 19.4. The van der Waals surface area contributed by atoms with Crippen LogP contribution in [0.4, 0.5) is 5.82 Å². The fraction of sp³-hybridized carbons (Fsp3) is 0.320. The van der Waals surface area contributed by atoms with E-state index >= 15 is 0 Å². The predicted octanol–water partition coefficient (Wildman–Crippen LogP) is 5.23. The largest absolute Gasteiger partial charge is 0.491 e. The summed E-state index contributed by atoms with van der Waals surface area (Å²) in [7, 11) is 0. The third-order valence-corrected chi connectivity index (χ3v) is 6.87. The Morgan fingerprint density at radius 2 is 2.07 bits per heavy atom. The number of pyridine rings is 1. The normalized spacial score (nSPS) is 20.4. The fourth-order valence-corrected chi connectivity index (χ4v) is 5.10. The van der Waals surface area contributed by atoms with Crippen LogP contribution in [0, 0.1) is 6.92 Å². The van der Waals surface area contributed by atoms with E-state index in [0.29, 0.717) is 12.6 Å². The maximum Gasteiger partial charge on any atom is 0.129 e. The van der Waals surface area contributed by atoms with Gasteiger partial charge in [-0.2, -0.15) is 0 Å². The highest BCUT2D eigenvalue weighted by molar-refractivity contribution is 8.03. The predicted molar refractivity (Wildman–Crippen MR) is 127 cm³/mol. The number of aromatic nitrogens is 1. The molecule has 0 amide bonds. The van der Waals surface area contributed by atoms with Crippen molar-refractivity contribution in [2.75, 3.05) is 30.5 Å². The second-order valence-electron chi connectivity index (χ2n) is 8.01. The number of hydrogen-bond acceptors (Lipinski definition) is 5. The van der Waals surface area contributed by atoms with Gasteiger partial charge in [0.1, 0.15) is 18.2 Å². The van der Waals surface area contributed by atoms with E-state index in [1.54, 1.807) is 0 Å². The van der Waals surface area contributed by atoms with Crippen LogP contribution >= 0.6 is 11.8 Å². The summed E-state index contributed by atoms with van der Waals surface area (Å²) in [5, 5.41) is 4.58. The number of ether oxygens (including phenoxy) is 1. The van der Waals surface area contributed by atoms with Gasteiger partial charge in [-0.25, -0.2) is 4.98 Å². The maximum absolute atomic E-state index is 6.18. The van der Waals surface area contributed by atoms with Crippen LogP contribution in [-0.2, 0) is 0 Å². The molecule has 1 atom stereocenters. The summed E-state index contributed by atoms with van der Waals surface area (Å²) < 4.78 is 6.18. The Balaban J connectivity index is 1.26. The van der Waals surface area contributed by atoms with Gasteiger partial charge in [0, 0.05) is 29.3 Å². The third kappa shape index (κ3) is 4.18. The summed E-state index contributed by atoms with van der Waals surface area (Å²) >= 11 is 1.88. The Kier molecular flexibility index (Phi) is 5.65. The highest BCUT2D eigenvalue weighted by Crippen LogP contribution is 2.29. The van der Waals surface area contributed by atoms with Gasteiger partial charge in [-0.1, -0.05) is 30.3 Å². The van der Waals surface area contributed by atoms with Gasteiger partial charge < -0.3 is 15.0 Å². The summed E-state index contributed by atoms with van der Waals surface area (Å²) in [5.41, 5.74) is 3.58. The SMILES string of the molecule is Cc1cc(N2CCC[C@H]2COc2ccc(C=C3CNCS3)cc2)nc2ccccc12. The van der Waals surface area contributed by atoms with E-state index in [0.717, 1.165) is 42.5 Å². The molecule has 2 aliphatic heterocycles. The van der Waals surface area contributed by atoms with E-state index in [1.807, 2.05) is 11.8 Å². The summed E-state index contributed by atoms with van der Waals surface area (Å²) in [5.74, 6) is 3.02. The standard InChI is InChI=1S/C25H27N3OS/c1-18-13-25(27-24-7-3-2-6-23(18)24)28-12-4-5-20(28)16-29-21-10-8-19(9-11-21)14-22-15-26-17-30-22/h2-3,6-11,13-14,20,26H,4-5,12,15-17H2,1H3/t20-/m0/s1. The number of fused-ring (bicyclic) bond motifs is 1. The molecular weight excluding hydrogens is 390 g/mol. The van der Waals surface area contributed by atoms with Crippen LogP contribution in [-0.4, -0.2) is 36.6 Å². The monoisotopic (exact) mass is 417 g/mol. The molecule has 5 rings (SSSR count). The molecule has 2 aromatic carbocycles. The molecular formula is C25H27N3OS. The molecule has 2 saturated heterocycles. The van der Waals surface area contributed by atoms with E-state index < -0.39 is 0 Å². The van der Waals surface area contributed by atoms with Gasteiger partial charge in [-0.15, -0.1) is 11.8 Å². The van der Waals surface area contributed by atoms with Crippen LogP contribution in [0.5, 0.6) is 5.75 Å². The Hall–Kier alpha value is -2.50. The third-order valence-electron chi connectivity index (χ3n) is 5.89. The zero-order chi connectivity index (χ0) is 20.3. The van der Waals surface area contributed by atoms with Gasteiger partial charge in [0.25, 0.3) is 0 Å². The number of anilines is 1. The first-order valence-corrected chi connectivity index (χ1v) is 11.6. The molecule has 1 aromatic heterocycles. The lowest BCUT2D eigenvalue weighted by molar-refractivity contribution is 0.288. The first-order valence-electron chi connectivity index (χ1n) is 10.7. The number of benzene rings is 2. The number of hydrogen-bond donors (Lipinski definition) is 1. The number of rotatable bonds is 5. The molecule has 30 heavy (non-hydrogen) atoms. The summed E-state index contributed by atoms with van der Waals surface area (Å²) in [6.45, 7) is 4.87. The Morgan fingerprint density at radius 1 is 1.20 bits per heavy atom. The molecule has 0 radical (unpaired) electrons. The minimum Gasteiger partial charge on any atom is -0.491 e. The van der Waals surface area contributed by atoms with Gasteiger partial charge in [0.15, 0.2) is 0 Å². The molecule has 2 fully saturated rings. The second kappa shape index (κ2) is 8.70. The highest BCUT2D eigenvalue weighted by Gasteiger charge is 2.26. The van der Waals surface area contributed by atoms with Crippen LogP contribution < -0.4 is 15.0 Å². The van der Waals surface area contributed by atoms with Crippen molar-refractivity contribution < 1.29 is 4.74 Å². The quantitative estimate of drug-likeness (QED) is 0.616. The van der Waals surface area contributed by atoms with Crippen molar-refractivity contribution >= 4 is 34.6 Å². The van der Waals surface area contributed by atoms with Crippen LogP contribution in [0.15, 0.2) is 59.5 Å². The molecule has 0 aliphatic carbocycles. The van der Waals surface area contributed by atoms with Crippen molar-refractivity contribution in [3.8, 4) is 5.75 Å². The van der Waals surface area contributed by atoms with Crippen LogP contribution in [0.1, 0.15) is 24.0 Å². The molecule has 0 saturated carbocycles. The van der Waals surface area contributed by atoms with Crippen molar-refractivity contribution in [1.82, 2.24) is 10.3 Å². The molecule has 154 valence electrons. The van der Waals surface area contributed by atoms with Crippen molar-refractivity contribution in [3.63, 3.8) is 0 Å². The number of aryl methyl sites for hydroxylation is 1. The van der Waals surface area contributed by atoms with E-state index in [1.165, 1.54) is 27.8 Å². The summed E-state index contributed by atoms with van der Waals surface area (Å²) in [6.07, 6.45) is 4.57. The molecule has 1 N–H and O–H groups in total. The Morgan fingerprint density at radius 3 is 2.90 bits per heavy atom. The maximum atomic E-state index is 6.18. The lowest BCUT2D eigenvalue weighted by atomic mass is 10.1. The number of nitrogens with one attached hydrogen (secondary N) is 1. The lowest BCUT2D eigenvalue weighted by Gasteiger charge is -2.26. The average molecular weight is 418 g/mol. The highest BCUT2D eigenvalue weighted by atomic mass is 32.2. The van der Waals surface area contributed by atoms with Crippen molar-refractivity contribution in [2.45, 2.75) is 25.8 Å². The van der Waals surface area contributed by atoms with Crippen molar-refractivity contribution in [1.29, 1.82) is 0 Å². The Bertz CT molecular complexity index is 1060. The molecule has 0 spiro atoms. The van der Waals surface area contributed by atoms with Gasteiger partial charge in [-0.3, -0.25) is 0 Å². The van der Waals surface area contributed by atoms with Gasteiger partial charge in [0.2, 0.25) is 0 Å². The molecule has 4 nitrogen and oxygen atoms in total. The van der Waals surface area contributed by atoms with E-state index in [2.05, 4.69) is 77.8 Å². The van der Waals surface area contributed by atoms with Gasteiger partial charge in [0.05, 0.1) is 11.6 Å². The molecule has 5 heteroatoms. The topological polar surface area (TPSA) is 37.4 Å². The lowest BCUT2D eigenvalue weighted by Crippen LogP contribution is -2.34. The minimum absolute atomic E-state index is 0.362. The molecule has 3 heterocycles. The first kappa shape index (κ1) is 19.5. The second-order valence-corrected chi connectivity index (χ2v) is 9.11. The smallest absolute Gasteiger partial charge is 0.129 e. The minimum atomic E-state index is 0.362. The Labute approximate surface area is 182 Å². The molecule has 0 bridgehead atoms. The van der Waals surface area contributed by atoms with Crippen LogP contribution in [0.3, 0.4) is 0 Å². The van der Waals surface area contributed by atoms with Crippen LogP contribution in [0.2, 0.25) is 0 Å². The van der Waals surface area contributed by atoms with Crippen LogP contribution in [0.25, 0.3) is 17.0 Å². The van der Waals surface area contributed by atoms with Crippen molar-refractivity contribution in [3.05, 3.63) is 70.6 Å². The molecule has 0 unspecified atom stereocenters. The zero-order valence-corrected chi connectivity index (χ0v) is 18.1. The van der Waals surface area contributed by atoms with Crippen molar-refractivity contribution in [2.24, 2.45) is 0 Å². The van der Waals surface area contributed by atoms with Gasteiger partial charge >= 0.3 is 0 Å². The summed E-state index contributed by atoms with van der Waals surface area (Å²) in [4.78, 5) is 8.75.